The molecule has 1 unspecified atom stereocenters. The van der Waals surface area contributed by atoms with Gasteiger partial charge in [-0.3, -0.25) is 0 Å². The Labute approximate surface area is 96.9 Å². The van der Waals surface area contributed by atoms with Crippen LogP contribution in [0.15, 0.2) is 36.9 Å². The first-order chi connectivity index (χ1) is 7.72. The lowest BCUT2D eigenvalue weighted by Crippen LogP contribution is -2.02. The van der Waals surface area contributed by atoms with Crippen molar-refractivity contribution in [1.29, 1.82) is 0 Å². The van der Waals surface area contributed by atoms with E-state index >= 15 is 0 Å². The predicted octanol–water partition coefficient (Wildman–Crippen LogP) is 3.54. The molecule has 0 heterocycles. The largest absolute Gasteiger partial charge is 0.465 e. The highest BCUT2D eigenvalue weighted by Crippen LogP contribution is 2.23. The number of rotatable bonds is 5. The minimum absolute atomic E-state index is 0.289. The summed E-state index contributed by atoms with van der Waals surface area (Å²) < 4.78 is 4.66. The summed E-state index contributed by atoms with van der Waals surface area (Å²) in [7, 11) is 1.39. The minimum Gasteiger partial charge on any atom is -0.465 e. The number of esters is 1. The monoisotopic (exact) mass is 218 g/mol. The highest BCUT2D eigenvalue weighted by molar-refractivity contribution is 5.89. The van der Waals surface area contributed by atoms with Crippen molar-refractivity contribution >= 4 is 5.97 Å². The van der Waals surface area contributed by atoms with Gasteiger partial charge < -0.3 is 4.74 Å². The lowest BCUT2D eigenvalue weighted by Gasteiger charge is -2.13. The highest BCUT2D eigenvalue weighted by atomic mass is 16.5. The summed E-state index contributed by atoms with van der Waals surface area (Å²) in [5, 5.41) is 0. The zero-order chi connectivity index (χ0) is 12.0. The molecule has 0 aliphatic carbocycles. The van der Waals surface area contributed by atoms with Crippen molar-refractivity contribution in [2.24, 2.45) is 0 Å². The summed E-state index contributed by atoms with van der Waals surface area (Å²) in [5.74, 6) is 0.201. The van der Waals surface area contributed by atoms with Gasteiger partial charge in [0.05, 0.1) is 12.7 Å². The van der Waals surface area contributed by atoms with Gasteiger partial charge in [0.2, 0.25) is 0 Å². The van der Waals surface area contributed by atoms with Crippen LogP contribution in [0.4, 0.5) is 0 Å². The average molecular weight is 218 g/mol. The normalized spacial score (nSPS) is 11.9. The van der Waals surface area contributed by atoms with E-state index in [9.17, 15) is 4.79 Å². The van der Waals surface area contributed by atoms with Gasteiger partial charge in [0.25, 0.3) is 0 Å². The van der Waals surface area contributed by atoms with Gasteiger partial charge in [0.1, 0.15) is 0 Å². The zero-order valence-electron chi connectivity index (χ0n) is 9.90. The molecule has 0 saturated heterocycles. The number of benzene rings is 1. The van der Waals surface area contributed by atoms with Crippen molar-refractivity contribution in [2.45, 2.75) is 25.7 Å². The van der Waals surface area contributed by atoms with Gasteiger partial charge in [-0.2, -0.15) is 0 Å². The van der Waals surface area contributed by atoms with Crippen molar-refractivity contribution in [3.05, 3.63) is 48.0 Å². The SMILES string of the molecule is C=CCC(CC)c1ccc(C(=O)OC)cc1. The molecule has 1 aromatic carbocycles. The van der Waals surface area contributed by atoms with Crippen LogP contribution in [0.1, 0.15) is 41.6 Å². The van der Waals surface area contributed by atoms with Gasteiger partial charge in [-0.05, 0) is 36.5 Å². The van der Waals surface area contributed by atoms with Crippen LogP contribution in [0.3, 0.4) is 0 Å². The maximum absolute atomic E-state index is 11.3. The van der Waals surface area contributed by atoms with Crippen molar-refractivity contribution in [3.8, 4) is 0 Å². The van der Waals surface area contributed by atoms with Crippen LogP contribution in [0.2, 0.25) is 0 Å². The molecule has 16 heavy (non-hydrogen) atoms. The Morgan fingerprint density at radius 2 is 2.06 bits per heavy atom. The molecule has 0 saturated carbocycles. The summed E-state index contributed by atoms with van der Waals surface area (Å²) in [6.45, 7) is 5.91. The number of carbonyl (C=O) groups is 1. The van der Waals surface area contributed by atoms with Crippen molar-refractivity contribution < 1.29 is 9.53 Å². The second kappa shape index (κ2) is 6.11. The summed E-state index contributed by atoms with van der Waals surface area (Å²) in [4.78, 5) is 11.3. The van der Waals surface area contributed by atoms with Crippen LogP contribution in [-0.4, -0.2) is 13.1 Å². The Bertz CT molecular complexity index is 352. The van der Waals surface area contributed by atoms with Crippen LogP contribution >= 0.6 is 0 Å². The van der Waals surface area contributed by atoms with E-state index in [1.54, 1.807) is 0 Å². The predicted molar refractivity (Wildman–Crippen MR) is 65.6 cm³/mol. The van der Waals surface area contributed by atoms with Crippen LogP contribution in [0, 0.1) is 0 Å². The van der Waals surface area contributed by atoms with Crippen molar-refractivity contribution in [3.63, 3.8) is 0 Å². The zero-order valence-corrected chi connectivity index (χ0v) is 9.90. The van der Waals surface area contributed by atoms with Gasteiger partial charge in [0, 0.05) is 0 Å². The second-order valence-corrected chi connectivity index (χ2v) is 3.74. The number of ether oxygens (including phenoxy) is 1. The lowest BCUT2D eigenvalue weighted by molar-refractivity contribution is 0.0600. The molecule has 1 atom stereocenters. The van der Waals surface area contributed by atoms with E-state index in [0.29, 0.717) is 11.5 Å². The quantitative estimate of drug-likeness (QED) is 0.558. The molecule has 0 aliphatic heterocycles. The molecule has 0 aliphatic rings. The number of carbonyl (C=O) groups excluding carboxylic acids is 1. The van der Waals surface area contributed by atoms with Crippen LogP contribution in [-0.2, 0) is 4.74 Å². The molecule has 2 heteroatoms. The summed E-state index contributed by atoms with van der Waals surface area (Å²) >= 11 is 0. The summed E-state index contributed by atoms with van der Waals surface area (Å²) in [6, 6.07) is 7.60. The van der Waals surface area contributed by atoms with Gasteiger partial charge in [-0.15, -0.1) is 6.58 Å². The van der Waals surface area contributed by atoms with E-state index in [2.05, 4.69) is 18.2 Å². The molecule has 0 aromatic heterocycles. The van der Waals surface area contributed by atoms with Gasteiger partial charge >= 0.3 is 5.97 Å². The Balaban J connectivity index is 2.84. The van der Waals surface area contributed by atoms with E-state index < -0.39 is 0 Å². The highest BCUT2D eigenvalue weighted by Gasteiger charge is 2.09. The molecular formula is C14H18O2. The molecule has 0 spiro atoms. The number of hydrogen-bond acceptors (Lipinski definition) is 2. The third kappa shape index (κ3) is 2.96. The molecule has 0 bridgehead atoms. The molecule has 86 valence electrons. The van der Waals surface area contributed by atoms with Crippen molar-refractivity contribution in [1.82, 2.24) is 0 Å². The lowest BCUT2D eigenvalue weighted by atomic mass is 9.93. The molecule has 0 radical (unpaired) electrons. The molecule has 2 nitrogen and oxygen atoms in total. The van der Waals surface area contributed by atoms with Crippen LogP contribution < -0.4 is 0 Å². The van der Waals surface area contributed by atoms with Gasteiger partial charge in [-0.25, -0.2) is 4.79 Å². The molecule has 1 aromatic rings. The van der Waals surface area contributed by atoms with Crippen molar-refractivity contribution in [2.75, 3.05) is 7.11 Å². The first-order valence-electron chi connectivity index (χ1n) is 5.52. The molecule has 0 N–H and O–H groups in total. The fraction of sp³-hybridized carbons (Fsp3) is 0.357. The van der Waals surface area contributed by atoms with E-state index in [-0.39, 0.29) is 5.97 Å². The molecule has 0 amide bonds. The van der Waals surface area contributed by atoms with E-state index in [1.165, 1.54) is 12.7 Å². The number of methoxy groups -OCH3 is 1. The maximum atomic E-state index is 11.3. The van der Waals surface area contributed by atoms with Gasteiger partial charge in [-0.1, -0.05) is 25.1 Å². The summed E-state index contributed by atoms with van der Waals surface area (Å²) in [6.07, 6.45) is 3.97. The topological polar surface area (TPSA) is 26.3 Å². The fourth-order valence-electron chi connectivity index (χ4n) is 1.75. The molecule has 0 fully saturated rings. The van der Waals surface area contributed by atoms with E-state index in [1.807, 2.05) is 30.3 Å². The first-order valence-corrected chi connectivity index (χ1v) is 5.52. The Morgan fingerprint density at radius 3 is 2.50 bits per heavy atom. The Hall–Kier alpha value is -1.57. The number of allylic oxidation sites excluding steroid dienone is 1. The maximum Gasteiger partial charge on any atom is 0.337 e. The third-order valence-corrected chi connectivity index (χ3v) is 2.75. The number of hydrogen-bond donors (Lipinski definition) is 0. The molecular weight excluding hydrogens is 200 g/mol. The summed E-state index contributed by atoms with van der Waals surface area (Å²) in [5.41, 5.74) is 1.84. The molecule has 1 rings (SSSR count). The van der Waals surface area contributed by atoms with Crippen LogP contribution in [0.25, 0.3) is 0 Å². The average Bonchev–Trinajstić information content (AvgIpc) is 2.35. The smallest absolute Gasteiger partial charge is 0.337 e. The second-order valence-electron chi connectivity index (χ2n) is 3.74. The minimum atomic E-state index is -0.289. The fourth-order valence-corrected chi connectivity index (χ4v) is 1.75. The van der Waals surface area contributed by atoms with Gasteiger partial charge in [0.15, 0.2) is 0 Å². The Morgan fingerprint density at radius 1 is 1.44 bits per heavy atom. The van der Waals surface area contributed by atoms with E-state index in [4.69, 9.17) is 0 Å². The standard InChI is InChI=1S/C14H18O2/c1-4-6-11(5-2)12-7-9-13(10-8-12)14(15)16-3/h4,7-11H,1,5-6H2,2-3H3. The van der Waals surface area contributed by atoms with E-state index in [0.717, 1.165) is 12.8 Å². The van der Waals surface area contributed by atoms with Crippen LogP contribution in [0.5, 0.6) is 0 Å². The first kappa shape index (κ1) is 12.5. The third-order valence-electron chi connectivity index (χ3n) is 2.75. The Kier molecular flexibility index (Phi) is 4.77.